The number of halogens is 1. The maximum Gasteiger partial charge on any atom is 0.323 e. The van der Waals surface area contributed by atoms with E-state index >= 15 is 0 Å². The fourth-order valence-electron chi connectivity index (χ4n) is 2.24. The average Bonchev–Trinajstić information content (AvgIpc) is 2.79. The molecule has 0 amide bonds. The molecule has 2 aromatic carbocycles. The molecular formula is C15H12BrN3O2. The number of carbonyl (C=O) groups excluding carboxylic acids is 1. The lowest BCUT2D eigenvalue weighted by Crippen LogP contribution is -2.06. The number of anilines is 1. The number of nitrogens with one attached hydrogen (secondary N) is 2. The number of fused-ring (bicyclic) bond motifs is 1. The van der Waals surface area contributed by atoms with Gasteiger partial charge in [-0.2, -0.15) is 0 Å². The zero-order chi connectivity index (χ0) is 15.1. The van der Waals surface area contributed by atoms with Crippen LogP contribution < -0.4 is 11.4 Å². The predicted molar refractivity (Wildman–Crippen MR) is 85.6 cm³/mol. The molecule has 5 nitrogen and oxygen atoms in total. The van der Waals surface area contributed by atoms with Crippen LogP contribution in [-0.2, 0) is 0 Å². The molecule has 3 aromatic rings. The van der Waals surface area contributed by atoms with Gasteiger partial charge in [-0.25, -0.2) is 4.79 Å². The van der Waals surface area contributed by atoms with Crippen LogP contribution >= 0.6 is 15.9 Å². The Balaban J connectivity index is 2.19. The van der Waals surface area contributed by atoms with Crippen LogP contribution in [0.25, 0.3) is 11.0 Å². The Morgan fingerprint density at radius 3 is 2.48 bits per heavy atom. The van der Waals surface area contributed by atoms with Gasteiger partial charge >= 0.3 is 5.69 Å². The number of nitrogen functional groups attached to an aromatic ring is 1. The molecular weight excluding hydrogens is 334 g/mol. The summed E-state index contributed by atoms with van der Waals surface area (Å²) < 4.78 is 0.608. The summed E-state index contributed by atoms with van der Waals surface area (Å²) in [6.07, 6.45) is 0. The second kappa shape index (κ2) is 4.89. The summed E-state index contributed by atoms with van der Waals surface area (Å²) in [5, 5.41) is 0. The molecule has 0 spiro atoms. The van der Waals surface area contributed by atoms with Crippen molar-refractivity contribution in [1.82, 2.24) is 9.97 Å². The van der Waals surface area contributed by atoms with Gasteiger partial charge in [-0.3, -0.25) is 4.79 Å². The summed E-state index contributed by atoms with van der Waals surface area (Å²) >= 11 is 3.37. The van der Waals surface area contributed by atoms with Crippen molar-refractivity contribution in [2.75, 3.05) is 5.73 Å². The van der Waals surface area contributed by atoms with Crippen LogP contribution in [-0.4, -0.2) is 15.8 Å². The number of nitrogens with two attached hydrogens (primary N) is 1. The van der Waals surface area contributed by atoms with Crippen LogP contribution in [0, 0.1) is 6.92 Å². The first-order valence-electron chi connectivity index (χ1n) is 6.28. The number of ketones is 1. The minimum Gasteiger partial charge on any atom is -0.398 e. The van der Waals surface area contributed by atoms with Crippen LogP contribution in [0.5, 0.6) is 0 Å². The minimum atomic E-state index is -0.309. The molecule has 0 fully saturated rings. The SMILES string of the molecule is Cc1ccc(N)c(C(=O)c2cc3[nH]c(=O)[nH]c3cc2Br)c1. The van der Waals surface area contributed by atoms with Crippen molar-refractivity contribution < 1.29 is 4.79 Å². The quantitative estimate of drug-likeness (QED) is 0.492. The largest absolute Gasteiger partial charge is 0.398 e. The predicted octanol–water partition coefficient (Wildman–Crippen LogP) is 2.74. The van der Waals surface area contributed by atoms with E-state index in [0.717, 1.165) is 5.56 Å². The van der Waals surface area contributed by atoms with E-state index in [9.17, 15) is 9.59 Å². The van der Waals surface area contributed by atoms with Crippen LogP contribution in [0.1, 0.15) is 21.5 Å². The highest BCUT2D eigenvalue weighted by Crippen LogP contribution is 2.26. The third-order valence-corrected chi connectivity index (χ3v) is 3.96. The van der Waals surface area contributed by atoms with E-state index in [-0.39, 0.29) is 11.5 Å². The van der Waals surface area contributed by atoms with Crippen LogP contribution in [0.3, 0.4) is 0 Å². The maximum absolute atomic E-state index is 12.7. The molecule has 21 heavy (non-hydrogen) atoms. The molecule has 0 saturated carbocycles. The molecule has 0 bridgehead atoms. The Morgan fingerprint density at radius 2 is 1.76 bits per heavy atom. The second-order valence-electron chi connectivity index (χ2n) is 4.88. The zero-order valence-electron chi connectivity index (χ0n) is 11.2. The number of aromatic nitrogens is 2. The van der Waals surface area contributed by atoms with E-state index in [1.54, 1.807) is 24.3 Å². The Hall–Kier alpha value is -2.34. The van der Waals surface area contributed by atoms with E-state index in [2.05, 4.69) is 25.9 Å². The van der Waals surface area contributed by atoms with Crippen molar-refractivity contribution in [3.63, 3.8) is 0 Å². The van der Waals surface area contributed by atoms with Crippen molar-refractivity contribution >= 4 is 38.4 Å². The van der Waals surface area contributed by atoms with Crippen LogP contribution in [0.2, 0.25) is 0 Å². The fraction of sp³-hybridized carbons (Fsp3) is 0.0667. The Labute approximate surface area is 128 Å². The zero-order valence-corrected chi connectivity index (χ0v) is 12.7. The van der Waals surface area contributed by atoms with Crippen molar-refractivity contribution in [1.29, 1.82) is 0 Å². The van der Waals surface area contributed by atoms with Crippen molar-refractivity contribution in [2.45, 2.75) is 6.92 Å². The maximum atomic E-state index is 12.7. The molecule has 6 heteroatoms. The van der Waals surface area contributed by atoms with Gasteiger partial charge in [0.2, 0.25) is 0 Å². The second-order valence-corrected chi connectivity index (χ2v) is 5.73. The van der Waals surface area contributed by atoms with Gasteiger partial charge in [0.1, 0.15) is 0 Å². The number of hydrogen-bond donors (Lipinski definition) is 3. The highest BCUT2D eigenvalue weighted by atomic mass is 79.9. The number of rotatable bonds is 2. The molecule has 106 valence electrons. The molecule has 3 rings (SSSR count). The van der Waals surface area contributed by atoms with Gasteiger partial charge in [-0.1, -0.05) is 11.6 Å². The Bertz CT molecular complexity index is 924. The first-order chi connectivity index (χ1) is 9.95. The normalized spacial score (nSPS) is 11.0. The third kappa shape index (κ3) is 2.38. The van der Waals surface area contributed by atoms with Gasteiger partial charge in [0.25, 0.3) is 0 Å². The Kier molecular flexibility index (Phi) is 3.17. The van der Waals surface area contributed by atoms with Gasteiger partial charge in [-0.05, 0) is 47.1 Å². The number of aryl methyl sites for hydroxylation is 1. The van der Waals surface area contributed by atoms with E-state index < -0.39 is 0 Å². The molecule has 0 radical (unpaired) electrons. The third-order valence-electron chi connectivity index (χ3n) is 3.30. The molecule has 4 N–H and O–H groups in total. The topological polar surface area (TPSA) is 91.7 Å². The van der Waals surface area contributed by atoms with Crippen LogP contribution in [0.4, 0.5) is 5.69 Å². The molecule has 1 aromatic heterocycles. The smallest absolute Gasteiger partial charge is 0.323 e. The summed E-state index contributed by atoms with van der Waals surface area (Å²) in [4.78, 5) is 29.3. The first-order valence-corrected chi connectivity index (χ1v) is 7.07. The van der Waals surface area contributed by atoms with E-state index in [1.165, 1.54) is 0 Å². The molecule has 0 saturated heterocycles. The van der Waals surface area contributed by atoms with Gasteiger partial charge in [0, 0.05) is 21.3 Å². The van der Waals surface area contributed by atoms with Gasteiger partial charge in [0.05, 0.1) is 11.0 Å². The molecule has 0 aliphatic heterocycles. The molecule has 0 aliphatic rings. The lowest BCUT2D eigenvalue weighted by molar-refractivity contribution is 0.103. The molecule has 0 atom stereocenters. The van der Waals surface area contributed by atoms with Gasteiger partial charge in [-0.15, -0.1) is 0 Å². The lowest BCUT2D eigenvalue weighted by Gasteiger charge is -2.08. The first kappa shape index (κ1) is 13.6. The van der Waals surface area contributed by atoms with E-state index in [1.807, 2.05) is 13.0 Å². The van der Waals surface area contributed by atoms with Crippen molar-refractivity contribution in [3.8, 4) is 0 Å². The fourth-order valence-corrected chi connectivity index (χ4v) is 2.77. The summed E-state index contributed by atoms with van der Waals surface area (Å²) in [6, 6.07) is 8.67. The number of aromatic amines is 2. The minimum absolute atomic E-state index is 0.188. The number of benzene rings is 2. The van der Waals surface area contributed by atoms with Gasteiger partial charge < -0.3 is 15.7 Å². The summed E-state index contributed by atoms with van der Waals surface area (Å²) in [5.74, 6) is -0.188. The Morgan fingerprint density at radius 1 is 1.10 bits per heavy atom. The van der Waals surface area contributed by atoms with Crippen molar-refractivity contribution in [3.05, 3.63) is 62.0 Å². The highest BCUT2D eigenvalue weighted by molar-refractivity contribution is 9.10. The van der Waals surface area contributed by atoms with E-state index in [0.29, 0.717) is 32.3 Å². The van der Waals surface area contributed by atoms with Gasteiger partial charge in [0.15, 0.2) is 5.78 Å². The molecule has 0 aliphatic carbocycles. The number of H-pyrrole nitrogens is 2. The number of carbonyl (C=O) groups is 1. The lowest BCUT2D eigenvalue weighted by atomic mass is 9.99. The number of imidazole rings is 1. The molecule has 1 heterocycles. The number of hydrogen-bond acceptors (Lipinski definition) is 3. The summed E-state index contributed by atoms with van der Waals surface area (Å²) in [5.41, 5.74) is 9.10. The standard InChI is InChI=1S/C15H12BrN3O2/c1-7-2-3-11(17)9(4-7)14(20)8-5-12-13(6-10(8)16)19-15(21)18-12/h2-6H,17H2,1H3,(H2,18,19,21). The highest BCUT2D eigenvalue weighted by Gasteiger charge is 2.17. The molecule has 0 unspecified atom stereocenters. The van der Waals surface area contributed by atoms with Crippen molar-refractivity contribution in [2.24, 2.45) is 0 Å². The summed E-state index contributed by atoms with van der Waals surface area (Å²) in [6.45, 7) is 1.90. The monoisotopic (exact) mass is 345 g/mol. The average molecular weight is 346 g/mol. The van der Waals surface area contributed by atoms with E-state index in [4.69, 9.17) is 5.73 Å². The van der Waals surface area contributed by atoms with Crippen LogP contribution in [0.15, 0.2) is 39.6 Å². The summed E-state index contributed by atoms with van der Waals surface area (Å²) in [7, 11) is 0.